The first-order valence-corrected chi connectivity index (χ1v) is 11.3. The molecule has 0 spiro atoms. The third kappa shape index (κ3) is 7.29. The Morgan fingerprint density at radius 1 is 0.966 bits per heavy atom. The maximum Gasteiger partial charge on any atom is 0.225 e. The summed E-state index contributed by atoms with van der Waals surface area (Å²) >= 11 is 0. The van der Waals surface area contributed by atoms with Gasteiger partial charge in [0.2, 0.25) is 11.8 Å². The molecule has 0 aromatic heterocycles. The minimum absolute atomic E-state index is 0. The van der Waals surface area contributed by atoms with Gasteiger partial charge in [-0.05, 0) is 39.0 Å². The lowest BCUT2D eigenvalue weighted by Crippen LogP contribution is -2.45. The van der Waals surface area contributed by atoms with Crippen molar-refractivity contribution >= 4 is 41.8 Å². The van der Waals surface area contributed by atoms with Crippen molar-refractivity contribution in [3.05, 3.63) is 0 Å². The molecule has 1 atom stereocenters. The molecule has 2 N–H and O–H groups in total. The summed E-state index contributed by atoms with van der Waals surface area (Å²) in [7, 11) is 0. The molecule has 0 radical (unpaired) electrons. The second kappa shape index (κ2) is 12.6. The van der Waals surface area contributed by atoms with Crippen LogP contribution in [0.25, 0.3) is 0 Å². The van der Waals surface area contributed by atoms with Crippen molar-refractivity contribution in [1.82, 2.24) is 20.4 Å². The molecule has 0 bridgehead atoms. The number of rotatable bonds is 6. The molecule has 0 aromatic carbocycles. The molecule has 2 amide bonds. The van der Waals surface area contributed by atoms with Crippen molar-refractivity contribution in [3.63, 3.8) is 0 Å². The van der Waals surface area contributed by atoms with Crippen LogP contribution in [0, 0.1) is 5.92 Å². The highest BCUT2D eigenvalue weighted by atomic mass is 127. The van der Waals surface area contributed by atoms with Gasteiger partial charge in [-0.15, -0.1) is 24.0 Å². The van der Waals surface area contributed by atoms with E-state index in [1.54, 1.807) is 0 Å². The summed E-state index contributed by atoms with van der Waals surface area (Å²) in [5.41, 5.74) is 0. The number of carbonyl (C=O) groups is 2. The van der Waals surface area contributed by atoms with E-state index in [9.17, 15) is 9.59 Å². The lowest BCUT2D eigenvalue weighted by molar-refractivity contribution is -0.135. The highest BCUT2D eigenvalue weighted by Crippen LogP contribution is 2.26. The Hall–Kier alpha value is -1.06. The van der Waals surface area contributed by atoms with E-state index in [2.05, 4.69) is 15.6 Å². The van der Waals surface area contributed by atoms with Crippen LogP contribution in [0.3, 0.4) is 0 Å². The molecule has 1 aliphatic carbocycles. The number of guanidine groups is 1. The van der Waals surface area contributed by atoms with Gasteiger partial charge in [-0.2, -0.15) is 0 Å². The number of amides is 2. The predicted molar refractivity (Wildman–Crippen MR) is 127 cm³/mol. The van der Waals surface area contributed by atoms with Gasteiger partial charge in [0.05, 0.1) is 6.54 Å². The Morgan fingerprint density at radius 3 is 2.38 bits per heavy atom. The van der Waals surface area contributed by atoms with E-state index >= 15 is 0 Å². The van der Waals surface area contributed by atoms with Gasteiger partial charge in [0.15, 0.2) is 5.96 Å². The molecule has 1 unspecified atom stereocenters. The van der Waals surface area contributed by atoms with Crippen LogP contribution in [-0.2, 0) is 9.59 Å². The molecule has 3 rings (SSSR count). The lowest BCUT2D eigenvalue weighted by Gasteiger charge is -2.26. The van der Waals surface area contributed by atoms with Gasteiger partial charge in [0.1, 0.15) is 0 Å². The number of nitrogens with one attached hydrogen (secondary N) is 2. The molecule has 1 saturated carbocycles. The van der Waals surface area contributed by atoms with Crippen molar-refractivity contribution in [1.29, 1.82) is 0 Å². The average molecular weight is 519 g/mol. The first kappa shape index (κ1) is 24.2. The van der Waals surface area contributed by atoms with E-state index in [0.29, 0.717) is 18.9 Å². The summed E-state index contributed by atoms with van der Waals surface area (Å²) in [5.74, 6) is 1.56. The number of hydrogen-bond donors (Lipinski definition) is 2. The van der Waals surface area contributed by atoms with E-state index in [1.807, 2.05) is 16.7 Å². The van der Waals surface area contributed by atoms with Crippen molar-refractivity contribution < 1.29 is 9.59 Å². The Morgan fingerprint density at radius 2 is 1.69 bits per heavy atom. The molecule has 166 valence electrons. The zero-order valence-electron chi connectivity index (χ0n) is 17.8. The smallest absolute Gasteiger partial charge is 0.225 e. The molecular formula is C21H38IN5O2. The number of carbonyl (C=O) groups excluding carboxylic acids is 2. The fraction of sp³-hybridized carbons (Fsp3) is 0.857. The average Bonchev–Trinajstić information content (AvgIpc) is 3.40. The molecule has 29 heavy (non-hydrogen) atoms. The highest BCUT2D eigenvalue weighted by molar-refractivity contribution is 14.0. The monoisotopic (exact) mass is 519 g/mol. The normalized spacial score (nSPS) is 23.1. The molecule has 8 heteroatoms. The van der Waals surface area contributed by atoms with Crippen molar-refractivity contribution in [2.24, 2.45) is 10.9 Å². The molecule has 0 aromatic rings. The molecule has 3 fully saturated rings. The highest BCUT2D eigenvalue weighted by Gasteiger charge is 2.31. The van der Waals surface area contributed by atoms with Crippen molar-refractivity contribution in [2.75, 3.05) is 39.3 Å². The number of likely N-dealkylation sites (tertiary alicyclic amines) is 2. The molecule has 2 saturated heterocycles. The van der Waals surface area contributed by atoms with Crippen LogP contribution in [0.4, 0.5) is 0 Å². The number of halogens is 1. The number of nitrogens with zero attached hydrogens (tertiary/aromatic N) is 3. The summed E-state index contributed by atoms with van der Waals surface area (Å²) < 4.78 is 0. The predicted octanol–water partition coefficient (Wildman–Crippen LogP) is 2.35. The van der Waals surface area contributed by atoms with Crippen LogP contribution in [-0.4, -0.2) is 72.9 Å². The standard InChI is InChI=1S/C21H37N5O2.HI/c1-2-22-21(23-12-10-19(27)25-13-6-7-14-25)24-18-11-15-26(16-18)20(28)17-8-4-3-5-9-17;/h17-18H,2-16H2,1H3,(H2,22,23,24);1H. The van der Waals surface area contributed by atoms with Crippen LogP contribution < -0.4 is 10.6 Å². The van der Waals surface area contributed by atoms with Crippen molar-refractivity contribution in [2.45, 2.75) is 70.8 Å². The lowest BCUT2D eigenvalue weighted by atomic mass is 9.88. The topological polar surface area (TPSA) is 77.0 Å². The van der Waals surface area contributed by atoms with Gasteiger partial charge < -0.3 is 20.4 Å². The molecule has 3 aliphatic rings. The van der Waals surface area contributed by atoms with E-state index in [-0.39, 0.29) is 41.8 Å². The maximum absolute atomic E-state index is 12.7. The van der Waals surface area contributed by atoms with E-state index < -0.39 is 0 Å². The molecule has 2 aliphatic heterocycles. The first-order chi connectivity index (χ1) is 13.7. The number of hydrogen-bond acceptors (Lipinski definition) is 3. The zero-order chi connectivity index (χ0) is 19.8. The van der Waals surface area contributed by atoms with Gasteiger partial charge in [-0.1, -0.05) is 19.3 Å². The Labute approximate surface area is 192 Å². The summed E-state index contributed by atoms with van der Waals surface area (Å²) in [4.78, 5) is 33.5. The third-order valence-electron chi connectivity index (χ3n) is 6.19. The molecular weight excluding hydrogens is 481 g/mol. The molecule has 2 heterocycles. The Bertz CT molecular complexity index is 559. The second-order valence-electron chi connectivity index (χ2n) is 8.35. The number of aliphatic imine (C=N–C) groups is 1. The van der Waals surface area contributed by atoms with Gasteiger partial charge in [-0.3, -0.25) is 14.6 Å². The minimum atomic E-state index is 0. The zero-order valence-corrected chi connectivity index (χ0v) is 20.2. The van der Waals surface area contributed by atoms with Crippen LogP contribution in [0.1, 0.15) is 64.7 Å². The first-order valence-electron chi connectivity index (χ1n) is 11.3. The van der Waals surface area contributed by atoms with Gasteiger partial charge in [-0.25, -0.2) is 0 Å². The summed E-state index contributed by atoms with van der Waals surface area (Å²) in [6.45, 7) is 6.71. The van der Waals surface area contributed by atoms with Gasteiger partial charge in [0, 0.05) is 51.1 Å². The van der Waals surface area contributed by atoms with Crippen LogP contribution in [0.5, 0.6) is 0 Å². The maximum atomic E-state index is 12.7. The second-order valence-corrected chi connectivity index (χ2v) is 8.35. The van der Waals surface area contributed by atoms with E-state index in [0.717, 1.165) is 70.8 Å². The van der Waals surface area contributed by atoms with Crippen LogP contribution in [0.15, 0.2) is 4.99 Å². The molecule has 7 nitrogen and oxygen atoms in total. The quantitative estimate of drug-likeness (QED) is 0.321. The van der Waals surface area contributed by atoms with Gasteiger partial charge >= 0.3 is 0 Å². The summed E-state index contributed by atoms with van der Waals surface area (Å²) in [6, 6.07) is 0.236. The van der Waals surface area contributed by atoms with E-state index in [1.165, 1.54) is 19.3 Å². The SMILES string of the molecule is CCNC(=NCCC(=O)N1CCCC1)NC1CCN(C(=O)C2CCCCC2)C1.I. The largest absolute Gasteiger partial charge is 0.357 e. The Balaban J connectivity index is 0.00000300. The van der Waals surface area contributed by atoms with Crippen molar-refractivity contribution in [3.8, 4) is 0 Å². The van der Waals surface area contributed by atoms with Gasteiger partial charge in [0.25, 0.3) is 0 Å². The van der Waals surface area contributed by atoms with Crippen LogP contribution >= 0.6 is 24.0 Å². The fourth-order valence-electron chi connectivity index (χ4n) is 4.59. The summed E-state index contributed by atoms with van der Waals surface area (Å²) in [6.07, 6.45) is 9.44. The fourth-order valence-corrected chi connectivity index (χ4v) is 4.59. The summed E-state index contributed by atoms with van der Waals surface area (Å²) in [5, 5.41) is 6.74. The Kier molecular flexibility index (Phi) is 10.5. The third-order valence-corrected chi connectivity index (χ3v) is 6.19. The van der Waals surface area contributed by atoms with E-state index in [4.69, 9.17) is 0 Å². The minimum Gasteiger partial charge on any atom is -0.357 e. The van der Waals surface area contributed by atoms with Crippen LogP contribution in [0.2, 0.25) is 0 Å².